The van der Waals surface area contributed by atoms with Gasteiger partial charge in [0.2, 0.25) is 0 Å². The molecule has 13 heteroatoms. The quantitative estimate of drug-likeness (QED) is 0.190. The van der Waals surface area contributed by atoms with Crippen molar-refractivity contribution in [2.75, 3.05) is 13.1 Å². The number of unbranched alkanes of at least 4 members (excludes halogenated alkanes) is 1. The van der Waals surface area contributed by atoms with Crippen LogP contribution in [0.1, 0.15) is 54.9 Å². The van der Waals surface area contributed by atoms with Gasteiger partial charge in [-0.25, -0.2) is 9.59 Å². The highest BCUT2D eigenvalue weighted by Crippen LogP contribution is 2.49. The molecule has 12 nitrogen and oxygen atoms in total. The lowest BCUT2D eigenvalue weighted by Gasteiger charge is -2.29. The van der Waals surface area contributed by atoms with Crippen LogP contribution in [0.2, 0.25) is 0 Å². The molecule has 1 aliphatic rings. The SMILES string of the molecule is CC(OP(=O)(O)C(CCCCNC(=O)OCc1ccccc1)NC(=O)c1ccccc1)C(=O)N1CCC[C@H]1C(=O)O. The van der Waals surface area contributed by atoms with E-state index in [1.54, 1.807) is 30.3 Å². The molecule has 0 aromatic heterocycles. The number of nitrogens with one attached hydrogen (secondary N) is 2. The molecular formula is C28H36N3O9P. The van der Waals surface area contributed by atoms with E-state index in [1.165, 1.54) is 6.92 Å². The van der Waals surface area contributed by atoms with E-state index in [0.717, 1.165) is 10.5 Å². The number of carboxylic acid groups (broad SMARTS) is 1. The lowest BCUT2D eigenvalue weighted by molar-refractivity contribution is -0.151. The van der Waals surface area contributed by atoms with Crippen molar-refractivity contribution in [3.63, 3.8) is 0 Å². The van der Waals surface area contributed by atoms with Gasteiger partial charge in [0.25, 0.3) is 11.8 Å². The number of hydrogen-bond acceptors (Lipinski definition) is 7. The van der Waals surface area contributed by atoms with Crippen LogP contribution >= 0.6 is 7.60 Å². The van der Waals surface area contributed by atoms with Crippen LogP contribution in [0.25, 0.3) is 0 Å². The number of rotatable bonds is 14. The van der Waals surface area contributed by atoms with Gasteiger partial charge in [-0.3, -0.25) is 18.7 Å². The van der Waals surface area contributed by atoms with Crippen molar-refractivity contribution < 1.29 is 43.0 Å². The number of hydrogen-bond donors (Lipinski definition) is 4. The van der Waals surface area contributed by atoms with Gasteiger partial charge in [-0.1, -0.05) is 48.5 Å². The van der Waals surface area contributed by atoms with E-state index in [9.17, 15) is 33.7 Å². The Morgan fingerprint density at radius 3 is 2.37 bits per heavy atom. The molecule has 3 unspecified atom stereocenters. The second-order valence-electron chi connectivity index (χ2n) is 9.68. The predicted molar refractivity (Wildman–Crippen MR) is 149 cm³/mol. The molecule has 0 radical (unpaired) electrons. The van der Waals surface area contributed by atoms with E-state index in [2.05, 4.69) is 10.6 Å². The lowest BCUT2D eigenvalue weighted by atomic mass is 10.2. The first-order valence-corrected chi connectivity index (χ1v) is 15.1. The summed E-state index contributed by atoms with van der Waals surface area (Å²) in [6.07, 6.45) is -0.502. The number of carbonyl (C=O) groups excluding carboxylic acids is 3. The minimum absolute atomic E-state index is 0.00939. The fourth-order valence-electron chi connectivity index (χ4n) is 4.43. The predicted octanol–water partition coefficient (Wildman–Crippen LogP) is 3.51. The maximum atomic E-state index is 13.4. The van der Waals surface area contributed by atoms with Crippen LogP contribution in [0.5, 0.6) is 0 Å². The number of likely N-dealkylation sites (tertiary alicyclic amines) is 1. The van der Waals surface area contributed by atoms with Crippen molar-refractivity contribution in [1.82, 2.24) is 15.5 Å². The summed E-state index contributed by atoms with van der Waals surface area (Å²) in [5.41, 5.74) is 1.11. The van der Waals surface area contributed by atoms with E-state index in [-0.39, 0.29) is 38.1 Å². The standard InChI is InChI=1S/C28H36N3O9P/c1-20(26(33)31-18-10-15-23(31)27(34)35)40-41(37,38)24(30-25(32)22-13-6-3-7-14-22)16-8-9-17-29-28(36)39-19-21-11-4-2-5-12-21/h2-7,11-14,20,23-24H,8-10,15-19H2,1H3,(H,29,36)(H,30,32)(H,34,35)(H,37,38)/t20?,23-,24?/m0/s1. The first-order chi connectivity index (χ1) is 19.6. The average Bonchev–Trinajstić information content (AvgIpc) is 3.46. The summed E-state index contributed by atoms with van der Waals surface area (Å²) >= 11 is 0. The molecule has 1 fully saturated rings. The summed E-state index contributed by atoms with van der Waals surface area (Å²) in [4.78, 5) is 61.1. The highest BCUT2D eigenvalue weighted by Gasteiger charge is 2.41. The number of benzene rings is 2. The number of ether oxygens (including phenoxy) is 1. The monoisotopic (exact) mass is 589 g/mol. The summed E-state index contributed by atoms with van der Waals surface area (Å²) < 4.78 is 23.8. The minimum Gasteiger partial charge on any atom is -0.480 e. The van der Waals surface area contributed by atoms with Gasteiger partial charge in [0, 0.05) is 18.7 Å². The Morgan fingerprint density at radius 2 is 1.71 bits per heavy atom. The van der Waals surface area contributed by atoms with Gasteiger partial charge in [-0.05, 0) is 56.7 Å². The van der Waals surface area contributed by atoms with Gasteiger partial charge >= 0.3 is 19.7 Å². The Labute approximate surface area is 238 Å². The van der Waals surface area contributed by atoms with Crippen molar-refractivity contribution in [3.8, 4) is 0 Å². The summed E-state index contributed by atoms with van der Waals surface area (Å²) in [5.74, 6) is -3.82. The first-order valence-electron chi connectivity index (χ1n) is 13.4. The summed E-state index contributed by atoms with van der Waals surface area (Å²) in [5, 5.41) is 14.5. The number of aliphatic carboxylic acids is 1. The van der Waals surface area contributed by atoms with Crippen molar-refractivity contribution in [2.45, 2.75) is 63.6 Å². The third kappa shape index (κ3) is 9.70. The third-order valence-corrected chi connectivity index (χ3v) is 8.39. The van der Waals surface area contributed by atoms with Crippen LogP contribution in [0.4, 0.5) is 4.79 Å². The van der Waals surface area contributed by atoms with Crippen molar-refractivity contribution in [3.05, 3.63) is 71.8 Å². The molecule has 0 saturated carbocycles. The van der Waals surface area contributed by atoms with Crippen LogP contribution in [-0.2, 0) is 30.0 Å². The zero-order chi connectivity index (χ0) is 29.8. The van der Waals surface area contributed by atoms with E-state index in [1.807, 2.05) is 30.3 Å². The summed E-state index contributed by atoms with van der Waals surface area (Å²) in [6.45, 7) is 1.83. The average molecular weight is 590 g/mol. The summed E-state index contributed by atoms with van der Waals surface area (Å²) in [7, 11) is -4.62. The van der Waals surface area contributed by atoms with Crippen LogP contribution < -0.4 is 10.6 Å². The highest BCUT2D eigenvalue weighted by molar-refractivity contribution is 7.53. The summed E-state index contributed by atoms with van der Waals surface area (Å²) in [6, 6.07) is 16.3. The van der Waals surface area contributed by atoms with E-state index in [4.69, 9.17) is 9.26 Å². The smallest absolute Gasteiger partial charge is 0.407 e. The van der Waals surface area contributed by atoms with Gasteiger partial charge in [0.1, 0.15) is 24.5 Å². The fourth-order valence-corrected chi connectivity index (χ4v) is 5.91. The first kappa shape index (κ1) is 31.8. The molecule has 1 heterocycles. The van der Waals surface area contributed by atoms with Crippen molar-refractivity contribution >= 4 is 31.5 Å². The molecule has 0 spiro atoms. The number of amides is 3. The van der Waals surface area contributed by atoms with Gasteiger partial charge < -0.3 is 30.3 Å². The maximum Gasteiger partial charge on any atom is 0.407 e. The van der Waals surface area contributed by atoms with Gasteiger partial charge in [0.15, 0.2) is 0 Å². The molecule has 3 amide bonds. The molecule has 1 aliphatic heterocycles. The molecule has 2 aromatic rings. The molecule has 3 rings (SSSR count). The Balaban J connectivity index is 1.57. The molecule has 2 aromatic carbocycles. The number of alkyl carbamates (subject to hydrolysis) is 1. The van der Waals surface area contributed by atoms with Crippen LogP contribution in [-0.4, -0.2) is 69.8 Å². The Bertz CT molecular complexity index is 1230. The molecule has 0 bridgehead atoms. The fraction of sp³-hybridized carbons (Fsp3) is 0.429. The molecule has 0 aliphatic carbocycles. The zero-order valence-electron chi connectivity index (χ0n) is 22.8. The number of carbonyl (C=O) groups is 4. The van der Waals surface area contributed by atoms with Gasteiger partial charge in [-0.15, -0.1) is 0 Å². The van der Waals surface area contributed by atoms with Gasteiger partial charge in [0.05, 0.1) is 0 Å². The normalized spacial score (nSPS) is 17.6. The van der Waals surface area contributed by atoms with Crippen LogP contribution in [0.15, 0.2) is 60.7 Å². The largest absolute Gasteiger partial charge is 0.480 e. The van der Waals surface area contributed by atoms with E-state index in [0.29, 0.717) is 19.3 Å². The number of nitrogens with zero attached hydrogens (tertiary/aromatic N) is 1. The van der Waals surface area contributed by atoms with Crippen molar-refractivity contribution in [2.24, 2.45) is 0 Å². The lowest BCUT2D eigenvalue weighted by Crippen LogP contribution is -2.45. The van der Waals surface area contributed by atoms with E-state index >= 15 is 0 Å². The van der Waals surface area contributed by atoms with Crippen LogP contribution in [0, 0.1) is 0 Å². The minimum atomic E-state index is -4.62. The van der Waals surface area contributed by atoms with Crippen LogP contribution in [0.3, 0.4) is 0 Å². The second-order valence-corrected chi connectivity index (χ2v) is 11.6. The molecule has 1 saturated heterocycles. The molecular weight excluding hydrogens is 553 g/mol. The highest BCUT2D eigenvalue weighted by atomic mass is 31.2. The zero-order valence-corrected chi connectivity index (χ0v) is 23.7. The molecule has 41 heavy (non-hydrogen) atoms. The molecule has 222 valence electrons. The topological polar surface area (TPSA) is 172 Å². The third-order valence-electron chi connectivity index (χ3n) is 6.59. The van der Waals surface area contributed by atoms with Crippen molar-refractivity contribution in [1.29, 1.82) is 0 Å². The molecule has 4 N–H and O–H groups in total. The van der Waals surface area contributed by atoms with Gasteiger partial charge in [-0.2, -0.15) is 0 Å². The van der Waals surface area contributed by atoms with E-state index < -0.39 is 49.4 Å². The Hall–Kier alpha value is -3.73. The maximum absolute atomic E-state index is 13.4. The molecule has 4 atom stereocenters. The number of carboxylic acids is 1. The second kappa shape index (κ2) is 15.3. The Morgan fingerprint density at radius 1 is 1.05 bits per heavy atom. The Kier molecular flexibility index (Phi) is 11.9.